The maximum Gasteiger partial charge on any atom is 0.255 e. The van der Waals surface area contributed by atoms with E-state index < -0.39 is 5.54 Å². The van der Waals surface area contributed by atoms with Crippen LogP contribution >= 0.6 is 0 Å². The highest BCUT2D eigenvalue weighted by atomic mass is 19.1. The molecule has 39 heavy (non-hydrogen) atoms. The van der Waals surface area contributed by atoms with E-state index >= 15 is 0 Å². The molecule has 2 N–H and O–H groups in total. The summed E-state index contributed by atoms with van der Waals surface area (Å²) in [5, 5.41) is 5.85. The first-order valence-corrected chi connectivity index (χ1v) is 12.9. The molecule has 6 rings (SSSR count). The summed E-state index contributed by atoms with van der Waals surface area (Å²) in [6.45, 7) is 1.99. The summed E-state index contributed by atoms with van der Waals surface area (Å²) in [5.74, 6) is 0.248. The first-order valence-electron chi connectivity index (χ1n) is 12.9. The Morgan fingerprint density at radius 3 is 2.49 bits per heavy atom. The van der Waals surface area contributed by atoms with E-state index in [9.17, 15) is 14.0 Å². The minimum absolute atomic E-state index is 0.183. The van der Waals surface area contributed by atoms with Gasteiger partial charge in [-0.15, -0.1) is 0 Å². The van der Waals surface area contributed by atoms with Crippen LogP contribution in [0.25, 0.3) is 11.3 Å². The second-order valence-electron chi connectivity index (χ2n) is 10.0. The van der Waals surface area contributed by atoms with Gasteiger partial charge in [-0.05, 0) is 85.0 Å². The lowest BCUT2D eigenvalue weighted by Gasteiger charge is -2.20. The molecule has 8 heteroatoms. The fourth-order valence-electron chi connectivity index (χ4n) is 5.16. The summed E-state index contributed by atoms with van der Waals surface area (Å²) in [6.07, 6.45) is 9.21. The van der Waals surface area contributed by atoms with Crippen LogP contribution in [-0.4, -0.2) is 34.9 Å². The third kappa shape index (κ3) is 4.52. The summed E-state index contributed by atoms with van der Waals surface area (Å²) in [5.41, 5.74) is 4.67. The van der Waals surface area contributed by atoms with Gasteiger partial charge >= 0.3 is 0 Å². The van der Waals surface area contributed by atoms with Crippen LogP contribution in [0.3, 0.4) is 0 Å². The molecule has 1 saturated carbocycles. The molecule has 2 heterocycles. The van der Waals surface area contributed by atoms with Crippen molar-refractivity contribution in [3.8, 4) is 0 Å². The van der Waals surface area contributed by atoms with Crippen LogP contribution in [0.5, 0.6) is 0 Å². The average Bonchev–Trinajstić information content (AvgIpc) is 3.65. The van der Waals surface area contributed by atoms with Crippen LogP contribution in [0.2, 0.25) is 0 Å². The molecule has 3 aliphatic rings. The normalized spacial score (nSPS) is 18.9. The van der Waals surface area contributed by atoms with Gasteiger partial charge in [0.25, 0.3) is 11.8 Å². The Bertz CT molecular complexity index is 1570. The second kappa shape index (κ2) is 9.62. The fraction of sp³-hybridized carbons (Fsp3) is 0.226. The molecule has 3 aromatic rings. The number of carbonyl (C=O) groups excluding carboxylic acids is 2. The van der Waals surface area contributed by atoms with Gasteiger partial charge in [0, 0.05) is 42.6 Å². The molecule has 1 fully saturated rings. The SMILES string of the molecule is CNC(=O)C1=C(c2ccc(F)cc2)OC2CC=C(c3cc(C(=O)NC4(c5ncccn5)CC4)ccc3C)C=C12. The standard InChI is InChI=1S/C31H27FN4O3/c1-18-4-5-21(28(37)36-31(12-13-31)30-34-14-3-15-35-30)17-23(18)20-8-11-25-24(16-20)26(29(38)33-2)27(39-25)19-6-9-22(32)10-7-19/h3-10,14-17,25H,11-13H2,1-2H3,(H,33,38)(H,36,37). The first kappa shape index (κ1) is 24.7. The number of aromatic nitrogens is 2. The number of allylic oxidation sites excluding steroid dienone is 2. The monoisotopic (exact) mass is 522 g/mol. The second-order valence-corrected chi connectivity index (χ2v) is 10.0. The summed E-state index contributed by atoms with van der Waals surface area (Å²) < 4.78 is 19.8. The van der Waals surface area contributed by atoms with Gasteiger partial charge in [-0.25, -0.2) is 14.4 Å². The Labute approximate surface area is 225 Å². The lowest BCUT2D eigenvalue weighted by atomic mass is 9.87. The van der Waals surface area contributed by atoms with Gasteiger partial charge in [0.2, 0.25) is 0 Å². The number of benzene rings is 2. The summed E-state index contributed by atoms with van der Waals surface area (Å²) in [4.78, 5) is 35.0. The summed E-state index contributed by atoms with van der Waals surface area (Å²) in [6, 6.07) is 13.3. The molecule has 1 aliphatic heterocycles. The molecule has 2 aromatic carbocycles. The maximum absolute atomic E-state index is 13.5. The molecule has 0 saturated heterocycles. The summed E-state index contributed by atoms with van der Waals surface area (Å²) in [7, 11) is 1.57. The van der Waals surface area contributed by atoms with E-state index in [2.05, 4.69) is 26.7 Å². The molecule has 0 bridgehead atoms. The number of fused-ring (bicyclic) bond motifs is 1. The van der Waals surface area contributed by atoms with E-state index in [-0.39, 0.29) is 23.7 Å². The van der Waals surface area contributed by atoms with Gasteiger partial charge in [-0.1, -0.05) is 12.1 Å². The molecular weight excluding hydrogens is 495 g/mol. The highest BCUT2D eigenvalue weighted by Crippen LogP contribution is 2.44. The van der Waals surface area contributed by atoms with Gasteiger partial charge in [0.1, 0.15) is 23.2 Å². The van der Waals surface area contributed by atoms with Crippen LogP contribution < -0.4 is 10.6 Å². The van der Waals surface area contributed by atoms with E-state index in [0.29, 0.717) is 34.7 Å². The first-order chi connectivity index (χ1) is 18.9. The minimum Gasteiger partial charge on any atom is -0.484 e. The fourth-order valence-corrected chi connectivity index (χ4v) is 5.16. The van der Waals surface area contributed by atoms with E-state index in [1.165, 1.54) is 12.1 Å². The molecule has 0 spiro atoms. The molecule has 7 nitrogen and oxygen atoms in total. The van der Waals surface area contributed by atoms with Crippen molar-refractivity contribution in [3.63, 3.8) is 0 Å². The number of hydrogen-bond donors (Lipinski definition) is 2. The molecule has 2 amide bonds. The number of nitrogens with one attached hydrogen (secondary N) is 2. The average molecular weight is 523 g/mol. The van der Waals surface area contributed by atoms with Crippen LogP contribution in [0.4, 0.5) is 4.39 Å². The van der Waals surface area contributed by atoms with E-state index in [1.807, 2.05) is 31.2 Å². The van der Waals surface area contributed by atoms with Gasteiger partial charge in [0.15, 0.2) is 5.82 Å². The quantitative estimate of drug-likeness (QED) is 0.493. The van der Waals surface area contributed by atoms with Gasteiger partial charge < -0.3 is 15.4 Å². The number of likely N-dealkylation sites (N-methyl/N-ethyl adjacent to an activating group) is 1. The summed E-state index contributed by atoms with van der Waals surface area (Å²) >= 11 is 0. The molecule has 1 aromatic heterocycles. The Hall–Kier alpha value is -4.59. The molecule has 196 valence electrons. The highest BCUT2D eigenvalue weighted by Gasteiger charge is 2.48. The van der Waals surface area contributed by atoms with Crippen molar-refractivity contribution >= 4 is 23.1 Å². The molecule has 1 unspecified atom stereocenters. The predicted molar refractivity (Wildman–Crippen MR) is 145 cm³/mol. The van der Waals surface area contributed by atoms with Crippen molar-refractivity contribution in [2.24, 2.45) is 0 Å². The van der Waals surface area contributed by atoms with Crippen LogP contribution in [0.1, 0.15) is 52.1 Å². The number of hydrogen-bond acceptors (Lipinski definition) is 5. The van der Waals surface area contributed by atoms with Crippen molar-refractivity contribution in [1.29, 1.82) is 0 Å². The largest absolute Gasteiger partial charge is 0.484 e. The van der Waals surface area contributed by atoms with Gasteiger partial charge in [-0.3, -0.25) is 9.59 Å². The smallest absolute Gasteiger partial charge is 0.255 e. The van der Waals surface area contributed by atoms with E-state index in [0.717, 1.165) is 35.1 Å². The van der Waals surface area contributed by atoms with Crippen molar-refractivity contribution < 1.29 is 18.7 Å². The minimum atomic E-state index is -0.520. The number of carbonyl (C=O) groups is 2. The lowest BCUT2D eigenvalue weighted by molar-refractivity contribution is -0.116. The lowest BCUT2D eigenvalue weighted by Crippen LogP contribution is -2.36. The number of amides is 2. The number of halogens is 1. The molecular formula is C31H27FN4O3. The topological polar surface area (TPSA) is 93.2 Å². The Kier molecular flexibility index (Phi) is 6.10. The van der Waals surface area contributed by atoms with Crippen molar-refractivity contribution in [1.82, 2.24) is 20.6 Å². The zero-order valence-corrected chi connectivity index (χ0v) is 21.6. The third-order valence-corrected chi connectivity index (χ3v) is 7.45. The highest BCUT2D eigenvalue weighted by molar-refractivity contribution is 6.07. The Morgan fingerprint density at radius 2 is 1.79 bits per heavy atom. The van der Waals surface area contributed by atoms with Crippen molar-refractivity contribution in [3.05, 3.63) is 118 Å². The van der Waals surface area contributed by atoms with Gasteiger partial charge in [0.05, 0.1) is 5.57 Å². The predicted octanol–water partition coefficient (Wildman–Crippen LogP) is 4.61. The third-order valence-electron chi connectivity index (χ3n) is 7.45. The van der Waals surface area contributed by atoms with E-state index in [4.69, 9.17) is 4.74 Å². The number of nitrogens with zero attached hydrogens (tertiary/aromatic N) is 2. The van der Waals surface area contributed by atoms with Gasteiger partial charge in [-0.2, -0.15) is 0 Å². The molecule has 1 atom stereocenters. The Morgan fingerprint density at radius 1 is 1.05 bits per heavy atom. The molecule has 0 radical (unpaired) electrons. The molecule has 2 aliphatic carbocycles. The zero-order chi connectivity index (χ0) is 27.1. The zero-order valence-electron chi connectivity index (χ0n) is 21.6. The Balaban J connectivity index is 1.32. The van der Waals surface area contributed by atoms with Crippen LogP contribution in [0, 0.1) is 12.7 Å². The van der Waals surface area contributed by atoms with Crippen molar-refractivity contribution in [2.75, 3.05) is 7.05 Å². The van der Waals surface area contributed by atoms with Crippen LogP contribution in [0.15, 0.2) is 84.2 Å². The number of aryl methyl sites for hydroxylation is 1. The number of rotatable bonds is 6. The maximum atomic E-state index is 13.5. The number of ether oxygens (including phenoxy) is 1. The van der Waals surface area contributed by atoms with E-state index in [1.54, 1.807) is 37.6 Å². The van der Waals surface area contributed by atoms with Crippen molar-refractivity contribution in [2.45, 2.75) is 37.8 Å². The van der Waals surface area contributed by atoms with Crippen LogP contribution in [-0.2, 0) is 15.1 Å².